The normalized spacial score (nSPS) is 10.6. The maximum Gasteiger partial charge on any atom is 0.255 e. The van der Waals surface area contributed by atoms with Crippen molar-refractivity contribution < 1.29 is 9.21 Å². The summed E-state index contributed by atoms with van der Waals surface area (Å²) in [5.41, 5.74) is 1.99. The first kappa shape index (κ1) is 20.3. The molecule has 29 heavy (non-hydrogen) atoms. The number of hydrogen-bond acceptors (Lipinski definition) is 4. The minimum Gasteiger partial charge on any atom is -0.443 e. The molecule has 0 saturated heterocycles. The number of hydrogen-bond donors (Lipinski definition) is 1. The molecule has 1 aromatic heterocycles. The van der Waals surface area contributed by atoms with Crippen molar-refractivity contribution in [3.8, 4) is 6.07 Å². The molecule has 0 spiro atoms. The van der Waals surface area contributed by atoms with E-state index < -0.39 is 0 Å². The molecule has 0 atom stereocenters. The zero-order chi connectivity index (χ0) is 20.6. The second kappa shape index (κ2) is 9.70. The topological polar surface area (TPSA) is 83.1 Å². The highest BCUT2D eigenvalue weighted by Crippen LogP contribution is 2.23. The van der Waals surface area contributed by atoms with E-state index in [-0.39, 0.29) is 22.7 Å². The molecule has 3 aromatic rings. The number of para-hydroxylation sites is 1. The lowest BCUT2D eigenvalue weighted by Gasteiger charge is -2.08. The van der Waals surface area contributed by atoms with Crippen LogP contribution < -0.4 is 10.7 Å². The van der Waals surface area contributed by atoms with E-state index in [0.717, 1.165) is 18.9 Å². The molecule has 0 bridgehead atoms. The van der Waals surface area contributed by atoms with Gasteiger partial charge in [-0.05, 0) is 42.7 Å². The Balaban J connectivity index is 1.71. The molecule has 1 amide bonds. The third kappa shape index (κ3) is 5.11. The van der Waals surface area contributed by atoms with Gasteiger partial charge in [0.25, 0.3) is 5.91 Å². The summed E-state index contributed by atoms with van der Waals surface area (Å²) in [7, 11) is 0. The van der Waals surface area contributed by atoms with Crippen LogP contribution in [0.2, 0.25) is 0 Å². The molecule has 0 aliphatic heterocycles. The third-order valence-electron chi connectivity index (χ3n) is 4.90. The first-order valence-electron chi connectivity index (χ1n) is 9.99. The van der Waals surface area contributed by atoms with E-state index in [0.29, 0.717) is 16.6 Å². The van der Waals surface area contributed by atoms with Gasteiger partial charge in [0, 0.05) is 11.6 Å². The third-order valence-corrected chi connectivity index (χ3v) is 4.90. The smallest absolute Gasteiger partial charge is 0.255 e. The Morgan fingerprint density at radius 2 is 1.83 bits per heavy atom. The minimum atomic E-state index is -0.317. The first-order valence-corrected chi connectivity index (χ1v) is 9.99. The number of nitriles is 1. The molecular weight excluding hydrogens is 364 g/mol. The van der Waals surface area contributed by atoms with Crippen LogP contribution in [0.15, 0.2) is 57.7 Å². The summed E-state index contributed by atoms with van der Waals surface area (Å²) >= 11 is 0. The highest BCUT2D eigenvalue weighted by Gasteiger charge is 2.12. The van der Waals surface area contributed by atoms with E-state index in [9.17, 15) is 9.59 Å². The molecular formula is C24H24N2O3. The van der Waals surface area contributed by atoms with Gasteiger partial charge in [-0.25, -0.2) is 0 Å². The second-order valence-electron chi connectivity index (χ2n) is 7.08. The predicted molar refractivity (Wildman–Crippen MR) is 114 cm³/mol. The Hall–Kier alpha value is -3.39. The van der Waals surface area contributed by atoms with Crippen molar-refractivity contribution >= 4 is 22.6 Å². The fraction of sp³-hybridized carbons (Fsp3) is 0.292. The predicted octanol–water partition coefficient (Wildman–Crippen LogP) is 5.43. The molecule has 0 saturated carbocycles. The maximum absolute atomic E-state index is 12.6. The van der Waals surface area contributed by atoms with Gasteiger partial charge < -0.3 is 9.73 Å². The summed E-state index contributed by atoms with van der Waals surface area (Å²) in [6.45, 7) is 2.21. The molecule has 2 aromatic carbocycles. The van der Waals surface area contributed by atoms with Crippen molar-refractivity contribution in [2.45, 2.75) is 45.4 Å². The van der Waals surface area contributed by atoms with Gasteiger partial charge in [0.05, 0.1) is 11.1 Å². The highest BCUT2D eigenvalue weighted by atomic mass is 16.3. The summed E-state index contributed by atoms with van der Waals surface area (Å²) in [6, 6.07) is 15.5. The van der Waals surface area contributed by atoms with Gasteiger partial charge in [0.1, 0.15) is 6.07 Å². The SMILES string of the molecule is CCCCCCCc1ccc(C(=O)Nc2cccc3c(=O)cc(C#N)oc23)cc1. The van der Waals surface area contributed by atoms with Crippen molar-refractivity contribution in [2.75, 3.05) is 5.32 Å². The molecule has 0 aliphatic carbocycles. The van der Waals surface area contributed by atoms with Gasteiger partial charge in [0.2, 0.25) is 5.76 Å². The van der Waals surface area contributed by atoms with Gasteiger partial charge in [-0.3, -0.25) is 9.59 Å². The first-order chi connectivity index (χ1) is 14.1. The zero-order valence-electron chi connectivity index (χ0n) is 16.5. The molecule has 0 fully saturated rings. The number of nitrogens with zero attached hydrogens (tertiary/aromatic N) is 1. The van der Waals surface area contributed by atoms with E-state index in [1.807, 2.05) is 18.2 Å². The van der Waals surface area contributed by atoms with E-state index in [4.69, 9.17) is 9.68 Å². The van der Waals surface area contributed by atoms with Gasteiger partial charge in [-0.15, -0.1) is 0 Å². The number of carbonyl (C=O) groups is 1. The van der Waals surface area contributed by atoms with Crippen LogP contribution in [0.5, 0.6) is 0 Å². The van der Waals surface area contributed by atoms with Crippen LogP contribution in [-0.4, -0.2) is 5.91 Å². The average Bonchev–Trinajstić information content (AvgIpc) is 2.74. The van der Waals surface area contributed by atoms with Crippen molar-refractivity contribution in [3.63, 3.8) is 0 Å². The second-order valence-corrected chi connectivity index (χ2v) is 7.08. The van der Waals surface area contributed by atoms with Crippen LogP contribution in [-0.2, 0) is 6.42 Å². The fourth-order valence-corrected chi connectivity index (χ4v) is 3.28. The lowest BCUT2D eigenvalue weighted by Crippen LogP contribution is -2.13. The van der Waals surface area contributed by atoms with Gasteiger partial charge in [-0.2, -0.15) is 5.26 Å². The Morgan fingerprint density at radius 3 is 2.55 bits per heavy atom. The molecule has 5 heteroatoms. The van der Waals surface area contributed by atoms with Crippen molar-refractivity contribution in [3.05, 3.63) is 75.6 Å². The molecule has 5 nitrogen and oxygen atoms in total. The maximum atomic E-state index is 12.6. The van der Waals surface area contributed by atoms with Crippen molar-refractivity contribution in [1.29, 1.82) is 5.26 Å². The number of aryl methyl sites for hydroxylation is 1. The van der Waals surface area contributed by atoms with E-state index in [1.54, 1.807) is 30.3 Å². The van der Waals surface area contributed by atoms with E-state index in [2.05, 4.69) is 12.2 Å². The number of nitrogens with one attached hydrogen (secondary N) is 1. The molecule has 1 N–H and O–H groups in total. The number of unbranched alkanes of at least 4 members (excludes halogenated alkanes) is 4. The standard InChI is InChI=1S/C24H24N2O3/c1-2-3-4-5-6-8-17-11-13-18(14-12-17)24(28)26-21-10-7-9-20-22(27)15-19(16-25)29-23(20)21/h7,9-15H,2-6,8H2,1H3,(H,26,28). The number of fused-ring (bicyclic) bond motifs is 1. The van der Waals surface area contributed by atoms with E-state index in [1.165, 1.54) is 31.2 Å². The van der Waals surface area contributed by atoms with Crippen LogP contribution in [0.25, 0.3) is 11.0 Å². The number of rotatable bonds is 8. The summed E-state index contributed by atoms with van der Waals surface area (Å²) in [5.74, 6) is -0.385. The number of amides is 1. The van der Waals surface area contributed by atoms with Gasteiger partial charge >= 0.3 is 0 Å². The minimum absolute atomic E-state index is 0.0903. The largest absolute Gasteiger partial charge is 0.443 e. The van der Waals surface area contributed by atoms with Crippen LogP contribution in [0.3, 0.4) is 0 Å². The molecule has 3 rings (SSSR count). The highest BCUT2D eigenvalue weighted by molar-refractivity contribution is 6.07. The molecule has 0 radical (unpaired) electrons. The number of anilines is 1. The average molecular weight is 388 g/mol. The van der Waals surface area contributed by atoms with E-state index >= 15 is 0 Å². The van der Waals surface area contributed by atoms with Crippen LogP contribution >= 0.6 is 0 Å². The lowest BCUT2D eigenvalue weighted by molar-refractivity contribution is 0.102. The Kier molecular flexibility index (Phi) is 6.80. The molecule has 0 unspecified atom stereocenters. The van der Waals surface area contributed by atoms with Crippen molar-refractivity contribution in [2.24, 2.45) is 0 Å². The van der Waals surface area contributed by atoms with Crippen LogP contribution in [0, 0.1) is 11.3 Å². The number of carbonyl (C=O) groups excluding carboxylic acids is 1. The quantitative estimate of drug-likeness (QED) is 0.522. The zero-order valence-corrected chi connectivity index (χ0v) is 16.5. The summed E-state index contributed by atoms with van der Waals surface area (Å²) in [4.78, 5) is 24.8. The summed E-state index contributed by atoms with van der Waals surface area (Å²) in [5, 5.41) is 12.1. The van der Waals surface area contributed by atoms with Crippen LogP contribution in [0.1, 0.15) is 60.7 Å². The van der Waals surface area contributed by atoms with Crippen LogP contribution in [0.4, 0.5) is 5.69 Å². The Morgan fingerprint density at radius 1 is 1.07 bits per heavy atom. The molecule has 1 heterocycles. The summed E-state index contributed by atoms with van der Waals surface area (Å²) in [6.07, 6.45) is 7.18. The lowest BCUT2D eigenvalue weighted by atomic mass is 10.0. The molecule has 0 aliphatic rings. The molecule has 148 valence electrons. The van der Waals surface area contributed by atoms with Gasteiger partial charge in [0.15, 0.2) is 11.0 Å². The van der Waals surface area contributed by atoms with Crippen molar-refractivity contribution in [1.82, 2.24) is 0 Å². The Bertz CT molecular complexity index is 1090. The monoisotopic (exact) mass is 388 g/mol. The van der Waals surface area contributed by atoms with Gasteiger partial charge in [-0.1, -0.05) is 50.8 Å². The fourth-order valence-electron chi connectivity index (χ4n) is 3.28. The summed E-state index contributed by atoms with van der Waals surface area (Å²) < 4.78 is 5.48. The Labute approximate surface area is 170 Å². The number of benzene rings is 2.